The van der Waals surface area contributed by atoms with Crippen molar-refractivity contribution in [2.24, 2.45) is 5.41 Å². The fourth-order valence-corrected chi connectivity index (χ4v) is 3.48. The maximum Gasteiger partial charge on any atom is 0.319 e. The highest BCUT2D eigenvalue weighted by Gasteiger charge is 2.27. The van der Waals surface area contributed by atoms with Gasteiger partial charge in [-0.05, 0) is 17.5 Å². The van der Waals surface area contributed by atoms with Gasteiger partial charge in [0.2, 0.25) is 0 Å². The molecule has 1 aliphatic rings. The number of nitrogens with zero attached hydrogens (tertiary/aromatic N) is 3. The van der Waals surface area contributed by atoms with Crippen LogP contribution in [0.3, 0.4) is 0 Å². The Balaban J connectivity index is 1.73. The van der Waals surface area contributed by atoms with E-state index in [9.17, 15) is 4.79 Å². The maximum absolute atomic E-state index is 12.8. The lowest BCUT2D eigenvalue weighted by Crippen LogP contribution is -2.48. The van der Waals surface area contributed by atoms with Crippen LogP contribution >= 0.6 is 11.6 Å². The predicted octanol–water partition coefficient (Wildman–Crippen LogP) is 3.61. The maximum atomic E-state index is 12.8. The standard InChI is InChI=1S/C20H28ClN5O2/c1-20(2,3)17(13-25-8-7-22-14-25)24-19(27)23-16-6-4-5-15(21)18(16)26-9-11-28-12-10-26/h4-8,14,17H,9-13H2,1-3H3,(H2,23,24,27). The Morgan fingerprint density at radius 1 is 1.32 bits per heavy atom. The van der Waals surface area contributed by atoms with Crippen molar-refractivity contribution in [2.45, 2.75) is 33.4 Å². The van der Waals surface area contributed by atoms with Gasteiger partial charge in [-0.2, -0.15) is 0 Å². The lowest BCUT2D eigenvalue weighted by Gasteiger charge is -2.33. The third kappa shape index (κ3) is 5.17. The second-order valence-corrected chi connectivity index (χ2v) is 8.42. The highest BCUT2D eigenvalue weighted by atomic mass is 35.5. The van der Waals surface area contributed by atoms with Crippen molar-refractivity contribution in [1.82, 2.24) is 14.9 Å². The van der Waals surface area contributed by atoms with Gasteiger partial charge in [0.15, 0.2) is 0 Å². The Kier molecular flexibility index (Phi) is 6.46. The summed E-state index contributed by atoms with van der Waals surface area (Å²) in [5, 5.41) is 6.71. The average molecular weight is 406 g/mol. The van der Waals surface area contributed by atoms with Gasteiger partial charge in [-0.25, -0.2) is 9.78 Å². The number of rotatable bonds is 5. The summed E-state index contributed by atoms with van der Waals surface area (Å²) in [6, 6.07) is 5.23. The van der Waals surface area contributed by atoms with E-state index in [4.69, 9.17) is 16.3 Å². The van der Waals surface area contributed by atoms with E-state index >= 15 is 0 Å². The number of morpholine rings is 1. The van der Waals surface area contributed by atoms with Crippen LogP contribution in [0.25, 0.3) is 0 Å². The van der Waals surface area contributed by atoms with Crippen molar-refractivity contribution in [1.29, 1.82) is 0 Å². The number of urea groups is 1. The summed E-state index contributed by atoms with van der Waals surface area (Å²) in [6.07, 6.45) is 5.39. The molecule has 2 heterocycles. The fourth-order valence-electron chi connectivity index (χ4n) is 3.18. The van der Waals surface area contributed by atoms with Gasteiger partial charge in [0, 0.05) is 32.0 Å². The number of para-hydroxylation sites is 1. The van der Waals surface area contributed by atoms with Crippen molar-refractivity contribution in [3.8, 4) is 0 Å². The monoisotopic (exact) mass is 405 g/mol. The number of halogens is 1. The molecule has 7 nitrogen and oxygen atoms in total. The van der Waals surface area contributed by atoms with Gasteiger partial charge in [-0.15, -0.1) is 0 Å². The van der Waals surface area contributed by atoms with Crippen LogP contribution in [0.15, 0.2) is 36.9 Å². The van der Waals surface area contributed by atoms with Gasteiger partial charge in [0.05, 0.1) is 42.0 Å². The van der Waals surface area contributed by atoms with E-state index in [1.807, 2.05) is 29.0 Å². The number of nitrogens with one attached hydrogen (secondary N) is 2. The highest BCUT2D eigenvalue weighted by Crippen LogP contribution is 2.34. The molecule has 1 aromatic carbocycles. The molecule has 0 spiro atoms. The SMILES string of the molecule is CC(C)(C)C(Cn1ccnc1)NC(=O)Nc1cccc(Cl)c1N1CCOCC1. The first-order valence-electron chi connectivity index (χ1n) is 9.49. The molecule has 0 saturated carbocycles. The molecule has 0 bridgehead atoms. The Hall–Kier alpha value is -2.25. The molecule has 3 rings (SSSR count). The minimum Gasteiger partial charge on any atom is -0.378 e. The quantitative estimate of drug-likeness (QED) is 0.797. The Morgan fingerprint density at radius 3 is 2.71 bits per heavy atom. The lowest BCUT2D eigenvalue weighted by molar-refractivity contribution is 0.123. The van der Waals surface area contributed by atoms with Crippen LogP contribution in [0.4, 0.5) is 16.2 Å². The topological polar surface area (TPSA) is 71.4 Å². The fraction of sp³-hybridized carbons (Fsp3) is 0.500. The average Bonchev–Trinajstić information content (AvgIpc) is 3.14. The zero-order chi connectivity index (χ0) is 20.1. The van der Waals surface area contributed by atoms with Crippen molar-refractivity contribution < 1.29 is 9.53 Å². The number of imidazole rings is 1. The largest absolute Gasteiger partial charge is 0.378 e. The number of benzene rings is 1. The number of hydrogen-bond acceptors (Lipinski definition) is 4. The molecule has 1 aliphatic heterocycles. The molecular formula is C20H28ClN5O2. The third-order valence-electron chi connectivity index (χ3n) is 4.87. The zero-order valence-electron chi connectivity index (χ0n) is 16.6. The number of hydrogen-bond donors (Lipinski definition) is 2. The Labute approximate surface area is 171 Å². The van der Waals surface area contributed by atoms with Crippen molar-refractivity contribution >= 4 is 29.0 Å². The van der Waals surface area contributed by atoms with Gasteiger partial charge < -0.3 is 24.8 Å². The van der Waals surface area contributed by atoms with E-state index in [1.165, 1.54) is 0 Å². The molecule has 28 heavy (non-hydrogen) atoms. The zero-order valence-corrected chi connectivity index (χ0v) is 17.4. The molecule has 8 heteroatoms. The van der Waals surface area contributed by atoms with Crippen LogP contribution in [0, 0.1) is 5.41 Å². The summed E-state index contributed by atoms with van der Waals surface area (Å²) in [4.78, 5) is 19.0. The molecule has 152 valence electrons. The molecule has 2 N–H and O–H groups in total. The summed E-state index contributed by atoms with van der Waals surface area (Å²) in [5.41, 5.74) is 1.41. The van der Waals surface area contributed by atoms with E-state index in [0.29, 0.717) is 30.5 Å². The summed E-state index contributed by atoms with van der Waals surface area (Å²) in [6.45, 7) is 9.73. The van der Waals surface area contributed by atoms with Crippen LogP contribution < -0.4 is 15.5 Å². The highest BCUT2D eigenvalue weighted by molar-refractivity contribution is 6.34. The number of amides is 2. The van der Waals surface area contributed by atoms with Gasteiger partial charge in [0.1, 0.15) is 0 Å². The first kappa shape index (κ1) is 20.5. The van der Waals surface area contributed by atoms with Crippen molar-refractivity contribution in [2.75, 3.05) is 36.5 Å². The number of aromatic nitrogens is 2. The Morgan fingerprint density at radius 2 is 2.07 bits per heavy atom. The summed E-state index contributed by atoms with van der Waals surface area (Å²) >= 11 is 6.45. The summed E-state index contributed by atoms with van der Waals surface area (Å²) in [7, 11) is 0. The number of anilines is 2. The number of ether oxygens (including phenoxy) is 1. The lowest BCUT2D eigenvalue weighted by atomic mass is 9.86. The van der Waals surface area contributed by atoms with Crippen LogP contribution in [0.1, 0.15) is 20.8 Å². The number of carbonyl (C=O) groups excluding carboxylic acids is 1. The molecule has 1 atom stereocenters. The molecule has 1 unspecified atom stereocenters. The first-order chi connectivity index (χ1) is 13.3. The van der Waals surface area contributed by atoms with Crippen LogP contribution in [0.5, 0.6) is 0 Å². The number of carbonyl (C=O) groups is 1. The van der Waals surface area contributed by atoms with E-state index in [1.54, 1.807) is 12.5 Å². The van der Waals surface area contributed by atoms with Crippen LogP contribution in [-0.4, -0.2) is 47.9 Å². The van der Waals surface area contributed by atoms with Crippen molar-refractivity contribution in [3.05, 3.63) is 41.9 Å². The second-order valence-electron chi connectivity index (χ2n) is 8.01. The summed E-state index contributed by atoms with van der Waals surface area (Å²) < 4.78 is 7.40. The third-order valence-corrected chi connectivity index (χ3v) is 5.17. The van der Waals surface area contributed by atoms with E-state index in [2.05, 4.69) is 41.3 Å². The van der Waals surface area contributed by atoms with Gasteiger partial charge in [-0.3, -0.25) is 0 Å². The smallest absolute Gasteiger partial charge is 0.319 e. The van der Waals surface area contributed by atoms with E-state index in [0.717, 1.165) is 18.8 Å². The minimum absolute atomic E-state index is 0.0762. The first-order valence-corrected chi connectivity index (χ1v) is 9.87. The molecule has 0 radical (unpaired) electrons. The molecule has 2 aromatic rings. The molecule has 1 fully saturated rings. The molecule has 0 aliphatic carbocycles. The summed E-state index contributed by atoms with van der Waals surface area (Å²) in [5.74, 6) is 0. The molecular weight excluding hydrogens is 378 g/mol. The molecule has 1 aromatic heterocycles. The van der Waals surface area contributed by atoms with Crippen LogP contribution in [0.2, 0.25) is 5.02 Å². The van der Waals surface area contributed by atoms with Crippen LogP contribution in [-0.2, 0) is 11.3 Å². The molecule has 2 amide bonds. The second kappa shape index (κ2) is 8.84. The van der Waals surface area contributed by atoms with Gasteiger partial charge in [0.25, 0.3) is 0 Å². The normalized spacial score (nSPS) is 15.9. The Bertz CT molecular complexity index is 782. The molecule has 1 saturated heterocycles. The van der Waals surface area contributed by atoms with E-state index < -0.39 is 0 Å². The van der Waals surface area contributed by atoms with Gasteiger partial charge >= 0.3 is 6.03 Å². The van der Waals surface area contributed by atoms with Crippen molar-refractivity contribution in [3.63, 3.8) is 0 Å². The van der Waals surface area contributed by atoms with Gasteiger partial charge in [-0.1, -0.05) is 38.4 Å². The predicted molar refractivity (Wildman–Crippen MR) is 112 cm³/mol. The minimum atomic E-state index is -0.253. The van der Waals surface area contributed by atoms with E-state index in [-0.39, 0.29) is 17.5 Å².